The molecule has 0 radical (unpaired) electrons. The quantitative estimate of drug-likeness (QED) is 0.161. The first-order chi connectivity index (χ1) is 37.0. The molecule has 12 rings (SSSR count). The maximum atomic E-state index is 8.74. The summed E-state index contributed by atoms with van der Waals surface area (Å²) in [5, 5.41) is 8.59. The van der Waals surface area contributed by atoms with Crippen LogP contribution in [0.5, 0.6) is 11.5 Å². The number of hydrogen-bond donors (Lipinski definition) is 0. The SMILES string of the molecule is [2H]c1c([2H])c([2H])c(-c2cnc(-n3c4[c-]c(Oc5[c-]c(N6[CH-]n7c8c(C)cccc8c8cc(C)ccc8c8ccccc8c8cccc6c87)ccc5C(C)(C)C)ccc4c4cc(C(C)(C)C)ccc43)cc2C([2H])([2H])[2H])c([2H])c1[2H].[Pt]. The summed E-state index contributed by atoms with van der Waals surface area (Å²) in [5.74, 6) is 1.14. The molecular formula is C65H55N4OPt-3. The molecule has 11 aromatic rings. The van der Waals surface area contributed by atoms with Gasteiger partial charge in [-0.1, -0.05) is 190 Å². The van der Waals surface area contributed by atoms with Gasteiger partial charge in [-0.3, -0.25) is 0 Å². The number of pyridine rings is 1. The van der Waals surface area contributed by atoms with Crippen molar-refractivity contribution in [3.8, 4) is 28.4 Å². The summed E-state index contributed by atoms with van der Waals surface area (Å²) in [6, 6.07) is 48.7. The van der Waals surface area contributed by atoms with Crippen molar-refractivity contribution in [3.05, 3.63) is 210 Å². The largest absolute Gasteiger partial charge is 0.509 e. The van der Waals surface area contributed by atoms with Gasteiger partial charge in [-0.2, -0.15) is 12.1 Å². The molecule has 4 heterocycles. The summed E-state index contributed by atoms with van der Waals surface area (Å²) in [4.78, 5) is 7.02. The Balaban J connectivity index is 0.00000660. The minimum Gasteiger partial charge on any atom is -0.509 e. The zero-order valence-electron chi connectivity index (χ0n) is 48.8. The van der Waals surface area contributed by atoms with E-state index in [2.05, 4.69) is 187 Å². The van der Waals surface area contributed by atoms with Gasteiger partial charge in [0.2, 0.25) is 0 Å². The summed E-state index contributed by atoms with van der Waals surface area (Å²) in [7, 11) is 0. The molecular weight excluding hydrogens is 1050 g/mol. The summed E-state index contributed by atoms with van der Waals surface area (Å²) in [6.07, 6.45) is 1.30. The third-order valence-electron chi connectivity index (χ3n) is 13.8. The van der Waals surface area contributed by atoms with E-state index < -0.39 is 37.1 Å². The molecule has 0 saturated carbocycles. The maximum Gasteiger partial charge on any atom is 0.135 e. The monoisotopic (exact) mass is 1110 g/mol. The zero-order valence-corrected chi connectivity index (χ0v) is 43.1. The van der Waals surface area contributed by atoms with Crippen molar-refractivity contribution in [2.24, 2.45) is 0 Å². The van der Waals surface area contributed by atoms with Gasteiger partial charge >= 0.3 is 0 Å². The predicted octanol–water partition coefficient (Wildman–Crippen LogP) is 17.4. The van der Waals surface area contributed by atoms with Crippen LogP contribution in [0.25, 0.3) is 82.1 Å². The topological polar surface area (TPSA) is 35.2 Å². The molecule has 1 aliphatic rings. The second-order valence-electron chi connectivity index (χ2n) is 20.5. The summed E-state index contributed by atoms with van der Waals surface area (Å²) in [6.45, 7) is 16.6. The van der Waals surface area contributed by atoms with Crippen molar-refractivity contribution >= 4 is 76.5 Å². The Morgan fingerprint density at radius 3 is 2.11 bits per heavy atom. The molecule has 354 valence electrons. The van der Waals surface area contributed by atoms with Gasteiger partial charge in [0.25, 0.3) is 0 Å². The van der Waals surface area contributed by atoms with E-state index in [-0.39, 0.29) is 54.4 Å². The van der Waals surface area contributed by atoms with E-state index in [0.717, 1.165) is 76.9 Å². The van der Waals surface area contributed by atoms with Gasteiger partial charge in [-0.05, 0) is 111 Å². The minimum absolute atomic E-state index is 0. The molecule has 8 aromatic carbocycles. The number of fused-ring (bicyclic) bond motifs is 10. The van der Waals surface area contributed by atoms with Crippen molar-refractivity contribution in [2.75, 3.05) is 4.90 Å². The van der Waals surface area contributed by atoms with Crippen LogP contribution in [0.2, 0.25) is 0 Å². The van der Waals surface area contributed by atoms with Gasteiger partial charge in [0.05, 0.1) is 6.85 Å². The first kappa shape index (κ1) is 37.5. The molecule has 0 saturated heterocycles. The molecule has 0 fully saturated rings. The number of aromatic nitrogens is 3. The third kappa shape index (κ3) is 7.74. The van der Waals surface area contributed by atoms with Gasteiger partial charge in [0, 0.05) is 59.6 Å². The van der Waals surface area contributed by atoms with E-state index >= 15 is 0 Å². The molecule has 3 aromatic heterocycles. The number of aryl methyl sites for hydroxylation is 3. The summed E-state index contributed by atoms with van der Waals surface area (Å²) < 4.78 is 79.8. The second-order valence-corrected chi connectivity index (χ2v) is 20.5. The van der Waals surface area contributed by atoms with Gasteiger partial charge < -0.3 is 18.8 Å². The Labute approximate surface area is 442 Å². The fraction of sp³-hybridized carbons (Fsp3) is 0.169. The fourth-order valence-electron chi connectivity index (χ4n) is 10.3. The van der Waals surface area contributed by atoms with E-state index in [1.54, 1.807) is 0 Å². The third-order valence-corrected chi connectivity index (χ3v) is 13.8. The minimum atomic E-state index is -2.77. The van der Waals surface area contributed by atoms with Crippen LogP contribution in [0.15, 0.2) is 164 Å². The zero-order chi connectivity index (χ0) is 55.1. The van der Waals surface area contributed by atoms with E-state index in [1.165, 1.54) is 28.6 Å². The molecule has 71 heavy (non-hydrogen) atoms. The molecule has 0 atom stereocenters. The molecule has 6 heteroatoms. The molecule has 0 spiro atoms. The predicted molar refractivity (Wildman–Crippen MR) is 294 cm³/mol. The van der Waals surface area contributed by atoms with Crippen LogP contribution in [0.3, 0.4) is 0 Å². The van der Waals surface area contributed by atoms with Crippen LogP contribution in [0.1, 0.15) is 80.3 Å². The Morgan fingerprint density at radius 1 is 0.634 bits per heavy atom. The van der Waals surface area contributed by atoms with Crippen molar-refractivity contribution < 1.29 is 36.8 Å². The molecule has 0 amide bonds. The fourth-order valence-corrected chi connectivity index (χ4v) is 10.3. The Hall–Kier alpha value is -7.33. The number of nitrogens with zero attached hydrogens (tertiary/aromatic N) is 4. The first-order valence-electron chi connectivity index (χ1n) is 27.7. The number of rotatable bonds is 5. The normalized spacial score (nSPS) is 14.3. The van der Waals surface area contributed by atoms with Gasteiger partial charge in [-0.15, -0.1) is 35.2 Å². The van der Waals surface area contributed by atoms with E-state index in [1.807, 2.05) is 22.8 Å². The average molecular weight is 1110 g/mol. The van der Waals surface area contributed by atoms with Crippen molar-refractivity contribution in [1.29, 1.82) is 0 Å². The van der Waals surface area contributed by atoms with Crippen LogP contribution < -0.4 is 9.64 Å². The van der Waals surface area contributed by atoms with Crippen LogP contribution in [-0.2, 0) is 31.9 Å². The molecule has 1 aliphatic heterocycles. The van der Waals surface area contributed by atoms with Gasteiger partial charge in [0.15, 0.2) is 0 Å². The van der Waals surface area contributed by atoms with Crippen molar-refractivity contribution in [1.82, 2.24) is 14.1 Å². The smallest absolute Gasteiger partial charge is 0.135 e. The molecule has 0 aliphatic carbocycles. The Kier molecular flexibility index (Phi) is 9.09. The van der Waals surface area contributed by atoms with Crippen LogP contribution in [0.4, 0.5) is 11.4 Å². The van der Waals surface area contributed by atoms with Crippen LogP contribution in [0, 0.1) is 39.5 Å². The molecule has 0 bridgehead atoms. The molecule has 5 nitrogen and oxygen atoms in total. The Bertz CT molecular complexity index is 4420. The molecule has 0 N–H and O–H groups in total. The summed E-state index contributed by atoms with van der Waals surface area (Å²) >= 11 is 0. The number of para-hydroxylation sites is 2. The summed E-state index contributed by atoms with van der Waals surface area (Å²) in [5.41, 5.74) is 8.43. The van der Waals surface area contributed by atoms with E-state index in [4.69, 9.17) is 20.7 Å². The molecule has 0 unspecified atom stereocenters. The Morgan fingerprint density at radius 2 is 1.35 bits per heavy atom. The number of ether oxygens (including phenoxy) is 1. The standard InChI is InChI=1S/C65H55N4O.Pt/c1-40-25-29-49-47-20-13-14-21-48(47)51-23-16-24-58-63(51)68(62-41(2)17-15-22-52(62)53(49)33-40)39-67(58)45-27-31-56(65(7,8)9)60(36-45)70-46-28-30-50-54-35-44(64(4,5)6)26-32-57(54)69(59(50)37-46)61-34-42(3)55(38-66-61)43-18-11-10-12-19-43;/h10-35,38-39H,1-9H3;/q-3;/i3D3,10D,11D,12D,18D,19D;. The van der Waals surface area contributed by atoms with Crippen molar-refractivity contribution in [3.63, 3.8) is 0 Å². The van der Waals surface area contributed by atoms with Crippen LogP contribution >= 0.6 is 0 Å². The van der Waals surface area contributed by atoms with E-state index in [9.17, 15) is 0 Å². The van der Waals surface area contributed by atoms with Crippen LogP contribution in [-0.4, -0.2) is 14.1 Å². The van der Waals surface area contributed by atoms with E-state index in [0.29, 0.717) is 17.0 Å². The number of hydrogen-bond acceptors (Lipinski definition) is 3. The number of anilines is 2. The average Bonchev–Trinajstić information content (AvgIpc) is 3.97. The second kappa shape index (κ2) is 17.2. The van der Waals surface area contributed by atoms with Gasteiger partial charge in [-0.25, -0.2) is 4.98 Å². The maximum absolute atomic E-state index is 8.74. The first-order valence-corrected chi connectivity index (χ1v) is 23.7. The van der Waals surface area contributed by atoms with Crippen molar-refractivity contribution in [2.45, 2.75) is 73.1 Å². The number of benzene rings is 8. The van der Waals surface area contributed by atoms with Gasteiger partial charge in [0.1, 0.15) is 5.82 Å².